The number of carbonyl (C=O) groups is 1. The van der Waals surface area contributed by atoms with Gasteiger partial charge in [-0.3, -0.25) is 4.98 Å². The summed E-state index contributed by atoms with van der Waals surface area (Å²) in [5, 5.41) is 11.8. The summed E-state index contributed by atoms with van der Waals surface area (Å²) < 4.78 is 13.4. The van der Waals surface area contributed by atoms with Crippen molar-refractivity contribution >= 4 is 16.9 Å². The Balaban J connectivity index is 2.37. The Kier molecular flexibility index (Phi) is 2.93. The molecule has 0 N–H and O–H groups in total. The predicted molar refractivity (Wildman–Crippen MR) is 67.3 cm³/mol. The van der Waals surface area contributed by atoms with Gasteiger partial charge in [0.15, 0.2) is 0 Å². The van der Waals surface area contributed by atoms with Gasteiger partial charge in [-0.05, 0) is 49.4 Å². The fourth-order valence-corrected chi connectivity index (χ4v) is 2.81. The van der Waals surface area contributed by atoms with Crippen LogP contribution in [0.3, 0.4) is 0 Å². The summed E-state index contributed by atoms with van der Waals surface area (Å²) in [6.07, 6.45) is 4.48. The minimum absolute atomic E-state index is 0.126. The van der Waals surface area contributed by atoms with Crippen LogP contribution in [-0.4, -0.2) is 11.0 Å². The Morgan fingerprint density at radius 1 is 1.21 bits per heavy atom. The third kappa shape index (κ3) is 2.07. The molecule has 0 saturated carbocycles. The maximum atomic E-state index is 13.4. The smallest absolute Gasteiger partial charge is 0.123 e. The molecule has 0 aliphatic heterocycles. The van der Waals surface area contributed by atoms with Crippen LogP contribution in [0.15, 0.2) is 18.2 Å². The third-order valence-electron chi connectivity index (χ3n) is 3.68. The molecule has 19 heavy (non-hydrogen) atoms. The number of carboxylic acid groups (broad SMARTS) is 1. The molecule has 0 amide bonds. The lowest BCUT2D eigenvalue weighted by Gasteiger charge is -2.16. The first-order valence-corrected chi connectivity index (χ1v) is 6.49. The normalized spacial score (nSPS) is 15.0. The van der Waals surface area contributed by atoms with Crippen molar-refractivity contribution in [2.24, 2.45) is 0 Å². The number of aryl methyl sites for hydroxylation is 1. The van der Waals surface area contributed by atoms with Crippen molar-refractivity contribution in [1.82, 2.24) is 4.98 Å². The lowest BCUT2D eigenvalue weighted by molar-refractivity contribution is -0.254. The maximum Gasteiger partial charge on any atom is 0.123 e. The van der Waals surface area contributed by atoms with Crippen molar-refractivity contribution in [3.05, 3.63) is 40.8 Å². The van der Waals surface area contributed by atoms with Crippen LogP contribution in [-0.2, 0) is 12.8 Å². The molecule has 0 fully saturated rings. The first-order chi connectivity index (χ1) is 9.16. The van der Waals surface area contributed by atoms with Gasteiger partial charge in [0.2, 0.25) is 0 Å². The zero-order chi connectivity index (χ0) is 13.4. The zero-order valence-corrected chi connectivity index (χ0v) is 10.4. The molecule has 1 heterocycles. The van der Waals surface area contributed by atoms with Gasteiger partial charge in [-0.25, -0.2) is 4.39 Å². The Hall–Kier alpha value is -1.97. The van der Waals surface area contributed by atoms with Gasteiger partial charge in [-0.2, -0.15) is 0 Å². The Morgan fingerprint density at radius 2 is 2.00 bits per heavy atom. The molecule has 98 valence electrons. The van der Waals surface area contributed by atoms with Crippen molar-refractivity contribution in [3.63, 3.8) is 0 Å². The van der Waals surface area contributed by atoms with Gasteiger partial charge in [0.1, 0.15) is 5.82 Å². The molecule has 1 aromatic heterocycles. The molecular weight excluding hydrogens is 245 g/mol. The van der Waals surface area contributed by atoms with Gasteiger partial charge >= 0.3 is 0 Å². The topological polar surface area (TPSA) is 53.0 Å². The minimum Gasteiger partial charge on any atom is -0.545 e. The van der Waals surface area contributed by atoms with Crippen LogP contribution in [0.4, 0.5) is 4.39 Å². The lowest BCUT2D eigenvalue weighted by atomic mass is 9.97. The number of benzene rings is 1. The van der Waals surface area contributed by atoms with Gasteiger partial charge in [0, 0.05) is 16.6 Å². The number of carbonyl (C=O) groups excluding carboxylic acids is 1. The Labute approximate surface area is 110 Å². The van der Waals surface area contributed by atoms with E-state index in [0.717, 1.165) is 36.9 Å². The summed E-state index contributed by atoms with van der Waals surface area (Å²) in [6, 6.07) is 4.07. The fourth-order valence-electron chi connectivity index (χ4n) is 2.81. The number of hydrogen-bond acceptors (Lipinski definition) is 3. The summed E-state index contributed by atoms with van der Waals surface area (Å²) in [5.74, 6) is -1.69. The third-order valence-corrected chi connectivity index (χ3v) is 3.68. The second-order valence-electron chi connectivity index (χ2n) is 4.92. The summed E-state index contributed by atoms with van der Waals surface area (Å²) in [6.45, 7) is 0. The van der Waals surface area contributed by atoms with Crippen LogP contribution in [0.2, 0.25) is 0 Å². The van der Waals surface area contributed by atoms with E-state index in [0.29, 0.717) is 17.3 Å². The van der Waals surface area contributed by atoms with E-state index in [1.807, 2.05) is 0 Å². The fraction of sp³-hybridized carbons (Fsp3) is 0.333. The Morgan fingerprint density at radius 3 is 2.79 bits per heavy atom. The van der Waals surface area contributed by atoms with E-state index < -0.39 is 11.8 Å². The van der Waals surface area contributed by atoms with Gasteiger partial charge in [-0.1, -0.05) is 6.42 Å². The van der Waals surface area contributed by atoms with Crippen LogP contribution < -0.4 is 5.11 Å². The van der Waals surface area contributed by atoms with Crippen LogP contribution in [0.25, 0.3) is 10.9 Å². The highest BCUT2D eigenvalue weighted by Crippen LogP contribution is 2.28. The van der Waals surface area contributed by atoms with Gasteiger partial charge in [0.05, 0.1) is 11.5 Å². The van der Waals surface area contributed by atoms with E-state index in [9.17, 15) is 14.3 Å². The van der Waals surface area contributed by atoms with Crippen LogP contribution >= 0.6 is 0 Å². The average Bonchev–Trinajstić information content (AvgIpc) is 2.60. The van der Waals surface area contributed by atoms with E-state index in [4.69, 9.17) is 0 Å². The van der Waals surface area contributed by atoms with E-state index in [-0.39, 0.29) is 5.56 Å². The summed E-state index contributed by atoms with van der Waals surface area (Å²) in [4.78, 5) is 16.0. The maximum absolute atomic E-state index is 13.4. The van der Waals surface area contributed by atoms with Crippen LogP contribution in [0.5, 0.6) is 0 Å². The highest BCUT2D eigenvalue weighted by molar-refractivity contribution is 6.03. The molecule has 0 spiro atoms. The number of fused-ring (bicyclic) bond motifs is 2. The molecule has 0 saturated heterocycles. The molecule has 4 heteroatoms. The zero-order valence-electron chi connectivity index (χ0n) is 10.4. The van der Waals surface area contributed by atoms with Crippen molar-refractivity contribution in [1.29, 1.82) is 0 Å². The van der Waals surface area contributed by atoms with Crippen molar-refractivity contribution < 1.29 is 14.3 Å². The molecule has 3 rings (SSSR count). The largest absolute Gasteiger partial charge is 0.545 e. The molecule has 0 atom stereocenters. The molecule has 1 aromatic carbocycles. The molecule has 0 radical (unpaired) electrons. The monoisotopic (exact) mass is 258 g/mol. The predicted octanol–water partition coefficient (Wildman–Crippen LogP) is 2.01. The van der Waals surface area contributed by atoms with Gasteiger partial charge < -0.3 is 9.90 Å². The van der Waals surface area contributed by atoms with E-state index in [1.54, 1.807) is 0 Å². The number of aromatic nitrogens is 1. The van der Waals surface area contributed by atoms with Crippen LogP contribution in [0, 0.1) is 5.82 Å². The number of halogens is 1. The lowest BCUT2D eigenvalue weighted by Crippen LogP contribution is -2.25. The highest BCUT2D eigenvalue weighted by atomic mass is 19.1. The molecule has 1 aliphatic carbocycles. The number of hydrogen-bond donors (Lipinski definition) is 0. The average molecular weight is 258 g/mol. The number of pyridine rings is 1. The second-order valence-corrected chi connectivity index (χ2v) is 4.92. The van der Waals surface area contributed by atoms with E-state index in [2.05, 4.69) is 4.98 Å². The van der Waals surface area contributed by atoms with Crippen molar-refractivity contribution in [2.45, 2.75) is 32.1 Å². The molecule has 1 aliphatic rings. The first kappa shape index (κ1) is 12.1. The van der Waals surface area contributed by atoms with Crippen molar-refractivity contribution in [3.8, 4) is 0 Å². The second kappa shape index (κ2) is 4.61. The first-order valence-electron chi connectivity index (χ1n) is 6.49. The quantitative estimate of drug-likeness (QED) is 0.735. The van der Waals surface area contributed by atoms with E-state index >= 15 is 0 Å². The molecule has 2 aromatic rings. The summed E-state index contributed by atoms with van der Waals surface area (Å²) in [5.41, 5.74) is 2.22. The molecular formula is C15H13FNO2-. The summed E-state index contributed by atoms with van der Waals surface area (Å²) in [7, 11) is 0. The number of aromatic carboxylic acids is 1. The number of nitrogens with zero attached hydrogens (tertiary/aromatic N) is 1. The SMILES string of the molecule is O=C([O-])c1c2c(nc3ccc(F)cc13)CCCCC2. The number of rotatable bonds is 1. The van der Waals surface area contributed by atoms with Gasteiger partial charge in [0.25, 0.3) is 0 Å². The summed E-state index contributed by atoms with van der Waals surface area (Å²) >= 11 is 0. The standard InChI is InChI=1S/C15H14FNO2/c16-9-6-7-13-11(8-9)14(15(18)19)10-4-2-1-3-5-12(10)17-13/h6-8H,1-5H2,(H,18,19)/p-1. The van der Waals surface area contributed by atoms with Crippen LogP contribution in [0.1, 0.15) is 40.9 Å². The highest BCUT2D eigenvalue weighted by Gasteiger charge is 2.18. The van der Waals surface area contributed by atoms with Crippen molar-refractivity contribution in [2.75, 3.05) is 0 Å². The Bertz CT molecular complexity index is 667. The minimum atomic E-state index is -1.24. The molecule has 0 bridgehead atoms. The molecule has 0 unspecified atom stereocenters. The van der Waals surface area contributed by atoms with Gasteiger partial charge in [-0.15, -0.1) is 0 Å². The molecule has 3 nitrogen and oxygen atoms in total. The number of carboxylic acids is 1. The van der Waals surface area contributed by atoms with E-state index in [1.165, 1.54) is 18.2 Å².